The van der Waals surface area contributed by atoms with Gasteiger partial charge >= 0.3 is 8.80 Å². The first-order valence-electron chi connectivity index (χ1n) is 11.4. The highest BCUT2D eigenvalue weighted by Crippen LogP contribution is 2.20. The number of rotatable bonds is 14. The molecule has 1 unspecified atom stereocenters. The molecule has 1 amide bonds. The van der Waals surface area contributed by atoms with E-state index >= 15 is 0 Å². The molecule has 0 fully saturated rings. The van der Waals surface area contributed by atoms with Gasteiger partial charge in [-0.3, -0.25) is 9.59 Å². The molecular weight excluding hydrogens is 422 g/mol. The van der Waals surface area contributed by atoms with Gasteiger partial charge in [-0.25, -0.2) is 0 Å². The van der Waals surface area contributed by atoms with Crippen LogP contribution < -0.4 is 5.32 Å². The Hall–Kier alpha value is -2.32. The number of carbonyl (C=O) groups is 2. The van der Waals surface area contributed by atoms with Gasteiger partial charge in [0, 0.05) is 43.5 Å². The normalized spacial score (nSPS) is 12.4. The van der Waals surface area contributed by atoms with Crippen molar-refractivity contribution in [2.24, 2.45) is 0 Å². The summed E-state index contributed by atoms with van der Waals surface area (Å²) in [7, 11) is -2.70. The van der Waals surface area contributed by atoms with Crippen LogP contribution in [0.15, 0.2) is 54.6 Å². The van der Waals surface area contributed by atoms with E-state index in [4.69, 9.17) is 13.3 Å². The average Bonchev–Trinajstić information content (AvgIpc) is 2.82. The van der Waals surface area contributed by atoms with E-state index in [1.165, 1.54) is 0 Å². The molecule has 2 rings (SSSR count). The molecule has 0 heterocycles. The van der Waals surface area contributed by atoms with Crippen molar-refractivity contribution < 1.29 is 22.9 Å². The molecule has 2 aromatic rings. The highest BCUT2D eigenvalue weighted by molar-refractivity contribution is 6.60. The van der Waals surface area contributed by atoms with Crippen molar-refractivity contribution in [3.8, 4) is 0 Å². The molecule has 0 saturated heterocycles. The topological polar surface area (TPSA) is 73.9 Å². The van der Waals surface area contributed by atoms with Gasteiger partial charge in [-0.15, -0.1) is 0 Å². The molecule has 0 bridgehead atoms. The third kappa shape index (κ3) is 7.38. The largest absolute Gasteiger partial charge is 0.500 e. The van der Waals surface area contributed by atoms with Crippen molar-refractivity contribution in [3.63, 3.8) is 0 Å². The summed E-state index contributed by atoms with van der Waals surface area (Å²) in [6.45, 7) is 9.75. The lowest BCUT2D eigenvalue weighted by atomic mass is 9.95. The zero-order valence-corrected chi connectivity index (χ0v) is 20.6. The maximum Gasteiger partial charge on any atom is 0.500 e. The van der Waals surface area contributed by atoms with Crippen molar-refractivity contribution in [2.45, 2.75) is 46.1 Å². The predicted octanol–water partition coefficient (Wildman–Crippen LogP) is 4.58. The van der Waals surface area contributed by atoms with Crippen molar-refractivity contribution in [1.82, 2.24) is 5.32 Å². The molecule has 0 radical (unpaired) electrons. The number of hydrogen-bond acceptors (Lipinski definition) is 5. The molecule has 174 valence electrons. The van der Waals surface area contributed by atoms with E-state index in [0.717, 1.165) is 5.56 Å². The van der Waals surface area contributed by atoms with Crippen LogP contribution >= 0.6 is 0 Å². The van der Waals surface area contributed by atoms with Crippen LogP contribution in [-0.2, 0) is 18.1 Å². The predicted molar refractivity (Wildman–Crippen MR) is 128 cm³/mol. The third-order valence-corrected chi connectivity index (χ3v) is 8.28. The Kier molecular flexibility index (Phi) is 10.8. The van der Waals surface area contributed by atoms with Crippen LogP contribution in [0.5, 0.6) is 0 Å². The molecular formula is C25H35NO5Si. The summed E-state index contributed by atoms with van der Waals surface area (Å²) in [6.07, 6.45) is 0.706. The van der Waals surface area contributed by atoms with Gasteiger partial charge in [-0.2, -0.15) is 0 Å². The Bertz CT molecular complexity index is 841. The lowest BCUT2D eigenvalue weighted by Gasteiger charge is -2.28. The van der Waals surface area contributed by atoms with Crippen LogP contribution in [0.3, 0.4) is 0 Å². The van der Waals surface area contributed by atoms with Crippen molar-refractivity contribution >= 4 is 20.5 Å². The van der Waals surface area contributed by atoms with Crippen molar-refractivity contribution in [2.75, 3.05) is 26.4 Å². The van der Waals surface area contributed by atoms with Crippen LogP contribution in [0, 0.1) is 0 Å². The Balaban J connectivity index is 1.94. The van der Waals surface area contributed by atoms with Gasteiger partial charge in [0.1, 0.15) is 0 Å². The molecule has 1 N–H and O–H groups in total. The Morgan fingerprint density at radius 3 is 2.06 bits per heavy atom. The SMILES string of the molecule is CCO[Si](CCCNC(=O)C(C)c1cccc(C(=O)c2ccccc2)c1)(OCC)OCC. The summed E-state index contributed by atoms with van der Waals surface area (Å²) >= 11 is 0. The zero-order chi connectivity index (χ0) is 23.4. The third-order valence-electron chi connectivity index (χ3n) is 5.13. The number of carbonyl (C=O) groups excluding carboxylic acids is 2. The van der Waals surface area contributed by atoms with E-state index in [-0.39, 0.29) is 17.6 Å². The monoisotopic (exact) mass is 457 g/mol. The van der Waals surface area contributed by atoms with E-state index in [0.29, 0.717) is 50.0 Å². The zero-order valence-electron chi connectivity index (χ0n) is 19.6. The first kappa shape index (κ1) is 25.9. The summed E-state index contributed by atoms with van der Waals surface area (Å²) < 4.78 is 17.6. The molecule has 0 spiro atoms. The van der Waals surface area contributed by atoms with E-state index in [1.54, 1.807) is 24.3 Å². The lowest BCUT2D eigenvalue weighted by molar-refractivity contribution is -0.122. The van der Waals surface area contributed by atoms with Crippen LogP contribution in [0.25, 0.3) is 0 Å². The van der Waals surface area contributed by atoms with Gasteiger partial charge in [-0.05, 0) is 45.7 Å². The molecule has 7 heteroatoms. The number of ketones is 1. The maximum absolute atomic E-state index is 12.7. The summed E-state index contributed by atoms with van der Waals surface area (Å²) in [5, 5.41) is 2.99. The Morgan fingerprint density at radius 2 is 1.47 bits per heavy atom. The average molecular weight is 458 g/mol. The van der Waals surface area contributed by atoms with Gasteiger partial charge < -0.3 is 18.6 Å². The van der Waals surface area contributed by atoms with Crippen molar-refractivity contribution in [1.29, 1.82) is 0 Å². The first-order chi connectivity index (χ1) is 15.5. The minimum atomic E-state index is -2.70. The smallest absolute Gasteiger partial charge is 0.374 e. The summed E-state index contributed by atoms with van der Waals surface area (Å²) in [5.74, 6) is -0.499. The molecule has 2 aromatic carbocycles. The van der Waals surface area contributed by atoms with Gasteiger partial charge in [0.2, 0.25) is 5.91 Å². The number of benzene rings is 2. The highest BCUT2D eigenvalue weighted by atomic mass is 28.4. The molecule has 0 aromatic heterocycles. The Morgan fingerprint density at radius 1 is 0.875 bits per heavy atom. The molecule has 0 aliphatic rings. The van der Waals surface area contributed by atoms with E-state index < -0.39 is 8.80 Å². The van der Waals surface area contributed by atoms with E-state index in [9.17, 15) is 9.59 Å². The first-order valence-corrected chi connectivity index (χ1v) is 13.3. The molecule has 0 saturated carbocycles. The molecule has 1 atom stereocenters. The fraction of sp³-hybridized carbons (Fsp3) is 0.440. The van der Waals surface area contributed by atoms with Gasteiger partial charge in [-0.1, -0.05) is 48.5 Å². The number of hydrogen-bond donors (Lipinski definition) is 1. The fourth-order valence-corrected chi connectivity index (χ4v) is 6.14. The van der Waals surface area contributed by atoms with E-state index in [2.05, 4.69) is 5.32 Å². The quantitative estimate of drug-likeness (QED) is 0.255. The van der Waals surface area contributed by atoms with Gasteiger partial charge in [0.05, 0.1) is 5.92 Å². The molecule has 0 aliphatic carbocycles. The molecule has 6 nitrogen and oxygen atoms in total. The number of nitrogens with one attached hydrogen (secondary N) is 1. The lowest BCUT2D eigenvalue weighted by Crippen LogP contribution is -2.46. The molecule has 32 heavy (non-hydrogen) atoms. The van der Waals surface area contributed by atoms with Gasteiger partial charge in [0.25, 0.3) is 0 Å². The highest BCUT2D eigenvalue weighted by Gasteiger charge is 2.39. The summed E-state index contributed by atoms with van der Waals surface area (Å²) in [6, 6.07) is 17.1. The van der Waals surface area contributed by atoms with Crippen LogP contribution in [0.4, 0.5) is 0 Å². The Labute approximate surface area is 192 Å². The molecule has 0 aliphatic heterocycles. The van der Waals surface area contributed by atoms with Crippen LogP contribution in [0.1, 0.15) is 61.5 Å². The second-order valence-corrected chi connectivity index (χ2v) is 10.2. The standard InChI is InChI=1S/C25H35NO5Si/c1-5-29-32(30-6-2,31-7-3)18-12-17-26-25(28)20(4)22-15-11-16-23(19-22)24(27)21-13-9-8-10-14-21/h8-11,13-16,19-20H,5-7,12,17-18H2,1-4H3,(H,26,28). The van der Waals surface area contributed by atoms with Crippen LogP contribution in [-0.4, -0.2) is 46.9 Å². The van der Waals surface area contributed by atoms with Crippen LogP contribution in [0.2, 0.25) is 6.04 Å². The van der Waals surface area contributed by atoms with Gasteiger partial charge in [0.15, 0.2) is 5.78 Å². The second-order valence-electron chi connectivity index (χ2n) is 7.42. The fourth-order valence-electron chi connectivity index (χ4n) is 3.53. The number of amides is 1. The van der Waals surface area contributed by atoms with Crippen molar-refractivity contribution in [3.05, 3.63) is 71.3 Å². The maximum atomic E-state index is 12.7. The minimum absolute atomic E-state index is 0.0517. The minimum Gasteiger partial charge on any atom is -0.374 e. The summed E-state index contributed by atoms with van der Waals surface area (Å²) in [5.41, 5.74) is 2.02. The summed E-state index contributed by atoms with van der Waals surface area (Å²) in [4.78, 5) is 25.4. The van der Waals surface area contributed by atoms with E-state index in [1.807, 2.05) is 58.0 Å². The second kappa shape index (κ2) is 13.3.